The van der Waals surface area contributed by atoms with Gasteiger partial charge >= 0.3 is 0 Å². The molecule has 1 aromatic rings. The van der Waals surface area contributed by atoms with Gasteiger partial charge in [0, 0.05) is 38.1 Å². The number of rotatable bonds is 4. The number of likely N-dealkylation sites (tertiary alicyclic amines) is 2. The number of nitrogens with zero attached hydrogens (tertiary/aromatic N) is 3. The Bertz CT molecular complexity index is 879. The minimum Gasteiger partial charge on any atom is -0.495 e. The molecule has 1 spiro atoms. The Kier molecular flexibility index (Phi) is 4.87. The summed E-state index contributed by atoms with van der Waals surface area (Å²) in [5, 5.41) is 0. The molecule has 0 radical (unpaired) electrons. The summed E-state index contributed by atoms with van der Waals surface area (Å²) in [5.74, 6) is -0.329. The molecule has 0 N–H and O–H groups in total. The van der Waals surface area contributed by atoms with Gasteiger partial charge in [0.15, 0.2) is 0 Å². The molecule has 9 heteroatoms. The molecule has 3 heterocycles. The van der Waals surface area contributed by atoms with Crippen LogP contribution >= 0.6 is 0 Å². The Hall–Kier alpha value is -1.71. The predicted molar refractivity (Wildman–Crippen MR) is 101 cm³/mol. The van der Waals surface area contributed by atoms with Crippen LogP contribution in [0.5, 0.6) is 5.75 Å². The summed E-state index contributed by atoms with van der Waals surface area (Å²) >= 11 is 0. The van der Waals surface area contributed by atoms with Gasteiger partial charge in [0.25, 0.3) is 0 Å². The normalized spacial score (nSPS) is 25.2. The first-order valence-corrected chi connectivity index (χ1v) is 11.0. The lowest BCUT2D eigenvalue weighted by atomic mass is 9.79. The van der Waals surface area contributed by atoms with E-state index in [1.165, 1.54) is 23.5 Å². The molecule has 28 heavy (non-hydrogen) atoms. The number of likely N-dealkylation sites (N-methyl/N-ethyl adjacent to an activating group) is 1. The van der Waals surface area contributed by atoms with Crippen molar-refractivity contribution in [2.75, 3.05) is 46.9 Å². The zero-order valence-electron chi connectivity index (χ0n) is 16.2. The summed E-state index contributed by atoms with van der Waals surface area (Å²) in [6, 6.07) is 3.31. The van der Waals surface area contributed by atoms with Gasteiger partial charge in [0.1, 0.15) is 16.5 Å². The maximum absolute atomic E-state index is 13.6. The molecule has 0 bridgehead atoms. The number of hydrogen-bond acceptors (Lipinski definition) is 5. The summed E-state index contributed by atoms with van der Waals surface area (Å²) in [6.45, 7) is 2.99. The summed E-state index contributed by atoms with van der Waals surface area (Å²) in [7, 11) is -0.551. The second-order valence-electron chi connectivity index (χ2n) is 8.24. The van der Waals surface area contributed by atoms with Crippen molar-refractivity contribution in [3.8, 4) is 5.75 Å². The summed E-state index contributed by atoms with van der Waals surface area (Å²) in [5.41, 5.74) is -0.220. The van der Waals surface area contributed by atoms with E-state index in [4.69, 9.17) is 4.74 Å². The van der Waals surface area contributed by atoms with Crippen molar-refractivity contribution in [2.45, 2.75) is 30.2 Å². The van der Waals surface area contributed by atoms with Crippen molar-refractivity contribution < 1.29 is 22.3 Å². The maximum Gasteiger partial charge on any atom is 0.246 e. The molecular weight excluding hydrogens is 385 g/mol. The number of hydrogen-bond donors (Lipinski definition) is 0. The highest BCUT2D eigenvalue weighted by Crippen LogP contribution is 2.45. The zero-order valence-corrected chi connectivity index (χ0v) is 17.0. The standard InChI is InChI=1S/C19H26FN3O4S/c1-21-11-19(10-15(21)18(24)22-7-3-4-8-22)12-23(13-19)28(25,26)17-9-14(20)5-6-16(17)27-2/h5-6,9,15H,3-4,7-8,10-13H2,1-2H3. The molecule has 0 saturated carbocycles. The molecule has 1 unspecified atom stereocenters. The molecule has 7 nitrogen and oxygen atoms in total. The Balaban J connectivity index is 1.48. The second kappa shape index (κ2) is 6.96. The lowest BCUT2D eigenvalue weighted by Gasteiger charge is -2.46. The molecule has 4 rings (SSSR count). The Morgan fingerprint density at radius 3 is 2.54 bits per heavy atom. The molecule has 0 aliphatic carbocycles. The molecule has 0 aromatic heterocycles. The highest BCUT2D eigenvalue weighted by molar-refractivity contribution is 7.89. The van der Waals surface area contributed by atoms with E-state index in [0.717, 1.165) is 32.0 Å². The SMILES string of the molecule is COc1ccc(F)cc1S(=O)(=O)N1CC2(CC(C(=O)N3CCCC3)N(C)C2)C1. The third-order valence-corrected chi connectivity index (χ3v) is 8.03. The lowest BCUT2D eigenvalue weighted by molar-refractivity contribution is -0.134. The van der Waals surface area contributed by atoms with Crippen LogP contribution in [-0.2, 0) is 14.8 Å². The largest absolute Gasteiger partial charge is 0.495 e. The lowest BCUT2D eigenvalue weighted by Crippen LogP contribution is -2.59. The molecule has 1 amide bonds. The van der Waals surface area contributed by atoms with E-state index in [1.807, 2.05) is 16.8 Å². The number of benzene rings is 1. The van der Waals surface area contributed by atoms with Crippen LogP contribution in [0.1, 0.15) is 19.3 Å². The van der Waals surface area contributed by atoms with Crippen molar-refractivity contribution >= 4 is 15.9 Å². The number of carbonyl (C=O) groups is 1. The van der Waals surface area contributed by atoms with Crippen molar-refractivity contribution in [1.82, 2.24) is 14.1 Å². The van der Waals surface area contributed by atoms with Gasteiger partial charge < -0.3 is 9.64 Å². The van der Waals surface area contributed by atoms with Crippen molar-refractivity contribution in [3.63, 3.8) is 0 Å². The highest BCUT2D eigenvalue weighted by atomic mass is 32.2. The molecule has 3 fully saturated rings. The van der Waals surface area contributed by atoms with E-state index in [1.54, 1.807) is 0 Å². The highest BCUT2D eigenvalue weighted by Gasteiger charge is 2.56. The maximum atomic E-state index is 13.6. The number of halogens is 1. The predicted octanol–water partition coefficient (Wildman–Crippen LogP) is 1.15. The van der Waals surface area contributed by atoms with Gasteiger partial charge in [0.05, 0.1) is 13.2 Å². The van der Waals surface area contributed by atoms with Crippen LogP contribution in [0.25, 0.3) is 0 Å². The van der Waals surface area contributed by atoms with Crippen molar-refractivity contribution in [2.24, 2.45) is 5.41 Å². The van der Waals surface area contributed by atoms with Crippen LogP contribution in [0, 0.1) is 11.2 Å². The number of carbonyl (C=O) groups excluding carboxylic acids is 1. The summed E-state index contributed by atoms with van der Waals surface area (Å²) in [4.78, 5) is 16.6. The molecular formula is C19H26FN3O4S. The average molecular weight is 411 g/mol. The minimum absolute atomic E-state index is 0.132. The number of sulfonamides is 1. The first-order chi connectivity index (χ1) is 13.3. The van der Waals surface area contributed by atoms with Crippen molar-refractivity contribution in [3.05, 3.63) is 24.0 Å². The van der Waals surface area contributed by atoms with Crippen molar-refractivity contribution in [1.29, 1.82) is 0 Å². The summed E-state index contributed by atoms with van der Waals surface area (Å²) in [6.07, 6.45) is 2.76. The van der Waals surface area contributed by atoms with Gasteiger partial charge in [-0.2, -0.15) is 4.31 Å². The first kappa shape index (κ1) is 19.6. The molecule has 3 aliphatic heterocycles. The molecule has 1 aromatic carbocycles. The molecule has 1 atom stereocenters. The monoisotopic (exact) mass is 411 g/mol. The van der Waals surface area contributed by atoms with E-state index >= 15 is 0 Å². The fourth-order valence-electron chi connectivity index (χ4n) is 4.79. The Morgan fingerprint density at radius 2 is 1.89 bits per heavy atom. The van der Waals surface area contributed by atoms with E-state index in [0.29, 0.717) is 26.1 Å². The third kappa shape index (κ3) is 3.19. The van der Waals surface area contributed by atoms with Gasteiger partial charge in [0.2, 0.25) is 15.9 Å². The number of methoxy groups -OCH3 is 1. The zero-order chi connectivity index (χ0) is 20.1. The number of ether oxygens (including phenoxy) is 1. The average Bonchev–Trinajstić information content (AvgIpc) is 3.28. The van der Waals surface area contributed by atoms with Gasteiger partial charge in [-0.25, -0.2) is 12.8 Å². The van der Waals surface area contributed by atoms with Gasteiger partial charge in [-0.1, -0.05) is 0 Å². The van der Waals surface area contributed by atoms with E-state index in [2.05, 4.69) is 0 Å². The first-order valence-electron chi connectivity index (χ1n) is 9.58. The van der Waals surface area contributed by atoms with Gasteiger partial charge in [-0.3, -0.25) is 9.69 Å². The van der Waals surface area contributed by atoms with Crippen LogP contribution in [-0.4, -0.2) is 81.4 Å². The van der Waals surface area contributed by atoms with E-state index < -0.39 is 15.8 Å². The topological polar surface area (TPSA) is 70.2 Å². The fourth-order valence-corrected chi connectivity index (χ4v) is 6.62. The smallest absolute Gasteiger partial charge is 0.246 e. The number of amides is 1. The Morgan fingerprint density at radius 1 is 1.21 bits per heavy atom. The van der Waals surface area contributed by atoms with Crippen LogP contribution in [0.3, 0.4) is 0 Å². The fraction of sp³-hybridized carbons (Fsp3) is 0.632. The minimum atomic E-state index is -3.85. The second-order valence-corrected chi connectivity index (χ2v) is 10.1. The van der Waals surface area contributed by atoms with Gasteiger partial charge in [-0.05, 0) is 44.5 Å². The Labute approximate surface area is 165 Å². The van der Waals surface area contributed by atoms with Crippen LogP contribution in [0.4, 0.5) is 4.39 Å². The van der Waals surface area contributed by atoms with Crippen LogP contribution in [0.2, 0.25) is 0 Å². The molecule has 154 valence electrons. The van der Waals surface area contributed by atoms with Crippen LogP contribution in [0.15, 0.2) is 23.1 Å². The third-order valence-electron chi connectivity index (χ3n) is 6.21. The van der Waals surface area contributed by atoms with Crippen LogP contribution < -0.4 is 4.74 Å². The molecule has 3 saturated heterocycles. The summed E-state index contributed by atoms with van der Waals surface area (Å²) < 4.78 is 46.1. The van der Waals surface area contributed by atoms with Gasteiger partial charge in [-0.15, -0.1) is 0 Å². The van der Waals surface area contributed by atoms with E-state index in [9.17, 15) is 17.6 Å². The quantitative estimate of drug-likeness (QED) is 0.744. The molecule has 3 aliphatic rings. The van der Waals surface area contributed by atoms with E-state index in [-0.39, 0.29) is 28.0 Å².